The monoisotopic (exact) mass is 300 g/mol. The number of piperidine rings is 1. The second-order valence-electron chi connectivity index (χ2n) is 6.40. The van der Waals surface area contributed by atoms with Gasteiger partial charge in [-0.15, -0.1) is 0 Å². The molecule has 0 saturated carbocycles. The van der Waals surface area contributed by atoms with Gasteiger partial charge in [-0.05, 0) is 37.0 Å². The molecule has 0 radical (unpaired) electrons. The molecule has 0 bridgehead atoms. The molecule has 1 amide bonds. The lowest BCUT2D eigenvalue weighted by Gasteiger charge is -2.37. The average molecular weight is 300 g/mol. The standard InChI is InChI=1S/C17H24N4O/c1-12-4-7-21-15(10-19-17(21)8-12)9-18-16-5-6-20(14(3)22)11-13(16)2/h4,7-8,10,13,16,18H,5-6,9,11H2,1-3H3. The number of pyridine rings is 1. The fourth-order valence-electron chi connectivity index (χ4n) is 3.24. The summed E-state index contributed by atoms with van der Waals surface area (Å²) in [5.74, 6) is 0.654. The van der Waals surface area contributed by atoms with Gasteiger partial charge in [0, 0.05) is 38.8 Å². The molecule has 0 spiro atoms. The molecule has 22 heavy (non-hydrogen) atoms. The number of carbonyl (C=O) groups is 1. The summed E-state index contributed by atoms with van der Waals surface area (Å²) >= 11 is 0. The van der Waals surface area contributed by atoms with Gasteiger partial charge in [-0.25, -0.2) is 4.98 Å². The highest BCUT2D eigenvalue weighted by Gasteiger charge is 2.26. The molecule has 3 rings (SSSR count). The Bertz CT molecular complexity index is 678. The summed E-state index contributed by atoms with van der Waals surface area (Å²) < 4.78 is 2.13. The number of nitrogens with zero attached hydrogens (tertiary/aromatic N) is 3. The second kappa shape index (κ2) is 6.08. The van der Waals surface area contributed by atoms with Crippen molar-refractivity contribution in [3.63, 3.8) is 0 Å². The molecule has 118 valence electrons. The Kier molecular flexibility index (Phi) is 4.16. The van der Waals surface area contributed by atoms with Crippen molar-refractivity contribution in [2.45, 2.75) is 39.8 Å². The van der Waals surface area contributed by atoms with E-state index < -0.39 is 0 Å². The van der Waals surface area contributed by atoms with Crippen molar-refractivity contribution in [2.24, 2.45) is 5.92 Å². The highest BCUT2D eigenvalue weighted by molar-refractivity contribution is 5.73. The van der Waals surface area contributed by atoms with E-state index in [4.69, 9.17) is 0 Å². The van der Waals surface area contributed by atoms with Crippen LogP contribution in [0.2, 0.25) is 0 Å². The molecule has 0 aromatic carbocycles. The van der Waals surface area contributed by atoms with E-state index >= 15 is 0 Å². The van der Waals surface area contributed by atoms with E-state index in [9.17, 15) is 4.79 Å². The third-order valence-electron chi connectivity index (χ3n) is 4.64. The Balaban J connectivity index is 1.63. The predicted molar refractivity (Wildman–Crippen MR) is 86.6 cm³/mol. The fourth-order valence-corrected chi connectivity index (χ4v) is 3.24. The van der Waals surface area contributed by atoms with Crippen molar-refractivity contribution >= 4 is 11.6 Å². The zero-order chi connectivity index (χ0) is 15.7. The number of hydrogen-bond acceptors (Lipinski definition) is 3. The van der Waals surface area contributed by atoms with Crippen LogP contribution in [0.4, 0.5) is 0 Å². The lowest BCUT2D eigenvalue weighted by Crippen LogP contribution is -2.49. The van der Waals surface area contributed by atoms with Crippen LogP contribution in [0, 0.1) is 12.8 Å². The van der Waals surface area contributed by atoms with Crippen LogP contribution in [0.5, 0.6) is 0 Å². The van der Waals surface area contributed by atoms with Gasteiger partial charge in [0.2, 0.25) is 5.91 Å². The molecule has 1 aliphatic rings. The molecule has 2 aromatic rings. The fraction of sp³-hybridized carbons (Fsp3) is 0.529. The quantitative estimate of drug-likeness (QED) is 0.943. The Morgan fingerprint density at radius 3 is 3.05 bits per heavy atom. The maximum Gasteiger partial charge on any atom is 0.219 e. The maximum atomic E-state index is 11.5. The van der Waals surface area contributed by atoms with Crippen LogP contribution in [0.15, 0.2) is 24.5 Å². The van der Waals surface area contributed by atoms with Gasteiger partial charge in [-0.3, -0.25) is 4.79 Å². The van der Waals surface area contributed by atoms with Crippen molar-refractivity contribution < 1.29 is 4.79 Å². The molecule has 3 heterocycles. The lowest BCUT2D eigenvalue weighted by molar-refractivity contribution is -0.130. The van der Waals surface area contributed by atoms with E-state index in [0.717, 1.165) is 31.7 Å². The number of hydrogen-bond donors (Lipinski definition) is 1. The van der Waals surface area contributed by atoms with Crippen molar-refractivity contribution in [3.05, 3.63) is 35.8 Å². The van der Waals surface area contributed by atoms with Crippen LogP contribution >= 0.6 is 0 Å². The number of aryl methyl sites for hydroxylation is 1. The van der Waals surface area contributed by atoms with Crippen LogP contribution < -0.4 is 5.32 Å². The first-order chi connectivity index (χ1) is 10.5. The molecule has 5 nitrogen and oxygen atoms in total. The van der Waals surface area contributed by atoms with Crippen molar-refractivity contribution in [1.82, 2.24) is 19.6 Å². The van der Waals surface area contributed by atoms with E-state index in [-0.39, 0.29) is 5.91 Å². The zero-order valence-electron chi connectivity index (χ0n) is 13.5. The Morgan fingerprint density at radius 1 is 1.50 bits per heavy atom. The number of carbonyl (C=O) groups excluding carboxylic acids is 1. The lowest BCUT2D eigenvalue weighted by atomic mass is 9.94. The molecule has 1 fully saturated rings. The van der Waals surface area contributed by atoms with Gasteiger partial charge in [-0.1, -0.05) is 6.92 Å². The molecule has 1 N–H and O–H groups in total. The van der Waals surface area contributed by atoms with Crippen LogP contribution in [-0.4, -0.2) is 39.3 Å². The van der Waals surface area contributed by atoms with Gasteiger partial charge in [0.25, 0.3) is 0 Å². The zero-order valence-corrected chi connectivity index (χ0v) is 13.5. The molecular formula is C17H24N4O. The normalized spacial score (nSPS) is 22.2. The second-order valence-corrected chi connectivity index (χ2v) is 6.40. The minimum atomic E-state index is 0.183. The summed E-state index contributed by atoms with van der Waals surface area (Å²) in [5.41, 5.74) is 3.40. The van der Waals surface area contributed by atoms with Gasteiger partial charge >= 0.3 is 0 Å². The van der Waals surface area contributed by atoms with E-state index in [0.29, 0.717) is 12.0 Å². The van der Waals surface area contributed by atoms with E-state index in [2.05, 4.69) is 46.9 Å². The van der Waals surface area contributed by atoms with E-state index in [1.54, 1.807) is 6.92 Å². The smallest absolute Gasteiger partial charge is 0.219 e. The molecule has 5 heteroatoms. The summed E-state index contributed by atoms with van der Waals surface area (Å²) in [6, 6.07) is 4.65. The minimum Gasteiger partial charge on any atom is -0.343 e. The number of rotatable bonds is 3. The third kappa shape index (κ3) is 2.99. The number of fused-ring (bicyclic) bond motifs is 1. The van der Waals surface area contributed by atoms with Crippen LogP contribution in [0.1, 0.15) is 31.5 Å². The van der Waals surface area contributed by atoms with E-state index in [1.165, 1.54) is 11.3 Å². The van der Waals surface area contributed by atoms with Crippen LogP contribution in [0.25, 0.3) is 5.65 Å². The molecule has 0 aliphatic carbocycles. The highest BCUT2D eigenvalue weighted by atomic mass is 16.2. The topological polar surface area (TPSA) is 49.6 Å². The first-order valence-electron chi connectivity index (χ1n) is 7.96. The minimum absolute atomic E-state index is 0.183. The van der Waals surface area contributed by atoms with Gasteiger partial charge < -0.3 is 14.6 Å². The summed E-state index contributed by atoms with van der Waals surface area (Å²) in [6.07, 6.45) is 5.03. The number of nitrogens with one attached hydrogen (secondary N) is 1. The number of amides is 1. The molecule has 2 atom stereocenters. The van der Waals surface area contributed by atoms with Gasteiger partial charge in [0.1, 0.15) is 5.65 Å². The van der Waals surface area contributed by atoms with Crippen LogP contribution in [0.3, 0.4) is 0 Å². The van der Waals surface area contributed by atoms with Gasteiger partial charge in [0.05, 0.1) is 11.9 Å². The summed E-state index contributed by atoms with van der Waals surface area (Å²) in [6.45, 7) is 8.45. The summed E-state index contributed by atoms with van der Waals surface area (Å²) in [7, 11) is 0. The first-order valence-corrected chi connectivity index (χ1v) is 7.96. The first kappa shape index (κ1) is 15.0. The Morgan fingerprint density at radius 2 is 2.32 bits per heavy atom. The largest absolute Gasteiger partial charge is 0.343 e. The molecule has 1 saturated heterocycles. The third-order valence-corrected chi connectivity index (χ3v) is 4.64. The molecule has 2 unspecified atom stereocenters. The number of imidazole rings is 1. The summed E-state index contributed by atoms with van der Waals surface area (Å²) in [4.78, 5) is 17.9. The Labute approximate surface area is 131 Å². The van der Waals surface area contributed by atoms with Gasteiger partial charge in [-0.2, -0.15) is 0 Å². The molecular weight excluding hydrogens is 276 g/mol. The average Bonchev–Trinajstić information content (AvgIpc) is 2.88. The van der Waals surface area contributed by atoms with Crippen molar-refractivity contribution in [2.75, 3.05) is 13.1 Å². The van der Waals surface area contributed by atoms with Crippen molar-refractivity contribution in [3.8, 4) is 0 Å². The van der Waals surface area contributed by atoms with Crippen molar-refractivity contribution in [1.29, 1.82) is 0 Å². The maximum absolute atomic E-state index is 11.5. The number of likely N-dealkylation sites (tertiary alicyclic amines) is 1. The van der Waals surface area contributed by atoms with E-state index in [1.807, 2.05) is 11.1 Å². The predicted octanol–water partition coefficient (Wildman–Crippen LogP) is 1.99. The Hall–Kier alpha value is -1.88. The van der Waals surface area contributed by atoms with Crippen LogP contribution in [-0.2, 0) is 11.3 Å². The van der Waals surface area contributed by atoms with Gasteiger partial charge in [0.15, 0.2) is 0 Å². The summed E-state index contributed by atoms with van der Waals surface area (Å²) in [5, 5.41) is 3.64. The highest BCUT2D eigenvalue weighted by Crippen LogP contribution is 2.18. The number of aromatic nitrogens is 2. The SMILES string of the molecule is CC(=O)N1CCC(NCc2cnc3cc(C)ccn23)C(C)C1. The molecule has 2 aromatic heterocycles. The molecule has 1 aliphatic heterocycles.